The predicted molar refractivity (Wildman–Crippen MR) is 56.9 cm³/mol. The Balaban J connectivity index is 2.79. The highest BCUT2D eigenvalue weighted by atomic mass is 16.5. The van der Waals surface area contributed by atoms with Crippen LogP contribution in [0.15, 0.2) is 24.3 Å². The van der Waals surface area contributed by atoms with E-state index < -0.39 is 12.0 Å². The van der Waals surface area contributed by atoms with E-state index in [0.717, 1.165) is 0 Å². The largest absolute Gasteiger partial charge is 0.490 e. The number of hydrogen-bond donors (Lipinski definition) is 1. The molecule has 15 heavy (non-hydrogen) atoms. The zero-order chi connectivity index (χ0) is 11.3. The number of carbonyl (C=O) groups is 1. The first-order valence-electron chi connectivity index (χ1n) is 4.83. The van der Waals surface area contributed by atoms with Gasteiger partial charge in [0.2, 0.25) is 0 Å². The molecule has 2 N–H and O–H groups in total. The first-order chi connectivity index (χ1) is 7.15. The molecule has 1 atom stereocenters. The van der Waals surface area contributed by atoms with Gasteiger partial charge in [-0.15, -0.1) is 0 Å². The maximum atomic E-state index is 10.8. The second-order valence-corrected chi connectivity index (χ2v) is 3.04. The molecular formula is C11H15NO3. The van der Waals surface area contributed by atoms with Gasteiger partial charge in [0.15, 0.2) is 17.6 Å². The van der Waals surface area contributed by atoms with E-state index in [4.69, 9.17) is 15.2 Å². The highest BCUT2D eigenvalue weighted by molar-refractivity contribution is 5.78. The molecule has 1 amide bonds. The van der Waals surface area contributed by atoms with E-state index in [2.05, 4.69) is 0 Å². The molecule has 0 radical (unpaired) electrons. The molecule has 0 saturated carbocycles. The minimum atomic E-state index is -0.661. The average molecular weight is 209 g/mol. The summed E-state index contributed by atoms with van der Waals surface area (Å²) in [4.78, 5) is 10.8. The van der Waals surface area contributed by atoms with Crippen molar-refractivity contribution < 1.29 is 14.3 Å². The Morgan fingerprint density at radius 1 is 1.40 bits per heavy atom. The number of para-hydroxylation sites is 2. The van der Waals surface area contributed by atoms with Crippen molar-refractivity contribution in [1.82, 2.24) is 0 Å². The minimum Gasteiger partial charge on any atom is -0.490 e. The van der Waals surface area contributed by atoms with Crippen molar-refractivity contribution in [2.45, 2.75) is 20.0 Å². The average Bonchev–Trinajstić information content (AvgIpc) is 2.21. The van der Waals surface area contributed by atoms with E-state index in [-0.39, 0.29) is 0 Å². The summed E-state index contributed by atoms with van der Waals surface area (Å²) in [7, 11) is 0. The highest BCUT2D eigenvalue weighted by Gasteiger charge is 2.12. The topological polar surface area (TPSA) is 61.6 Å². The van der Waals surface area contributed by atoms with E-state index >= 15 is 0 Å². The lowest BCUT2D eigenvalue weighted by atomic mass is 10.3. The van der Waals surface area contributed by atoms with E-state index in [1.807, 2.05) is 19.1 Å². The van der Waals surface area contributed by atoms with Crippen LogP contribution in [0.5, 0.6) is 11.5 Å². The van der Waals surface area contributed by atoms with Crippen molar-refractivity contribution in [3.8, 4) is 11.5 Å². The first-order valence-corrected chi connectivity index (χ1v) is 4.83. The summed E-state index contributed by atoms with van der Waals surface area (Å²) in [6.07, 6.45) is -0.661. The Morgan fingerprint density at radius 2 is 2.00 bits per heavy atom. The molecule has 0 fully saturated rings. The standard InChI is InChI=1S/C11H15NO3/c1-3-14-9-6-4-5-7-10(9)15-8(2)11(12)13/h4-8H,3H2,1-2H3,(H2,12,13)/t8-/m1/s1. The van der Waals surface area contributed by atoms with Crippen LogP contribution in [0, 0.1) is 0 Å². The fourth-order valence-corrected chi connectivity index (χ4v) is 1.07. The van der Waals surface area contributed by atoms with Crippen molar-refractivity contribution >= 4 is 5.91 Å². The van der Waals surface area contributed by atoms with Gasteiger partial charge in [0, 0.05) is 0 Å². The van der Waals surface area contributed by atoms with Crippen LogP contribution in [-0.4, -0.2) is 18.6 Å². The zero-order valence-corrected chi connectivity index (χ0v) is 8.90. The molecular weight excluding hydrogens is 194 g/mol. The molecule has 1 aromatic rings. The van der Waals surface area contributed by atoms with Crippen LogP contribution in [0.2, 0.25) is 0 Å². The van der Waals surface area contributed by atoms with Gasteiger partial charge in [0.1, 0.15) is 0 Å². The summed E-state index contributed by atoms with van der Waals surface area (Å²) in [5, 5.41) is 0. The van der Waals surface area contributed by atoms with Gasteiger partial charge < -0.3 is 15.2 Å². The van der Waals surface area contributed by atoms with Gasteiger partial charge in [-0.2, -0.15) is 0 Å². The quantitative estimate of drug-likeness (QED) is 0.796. The third-order valence-corrected chi connectivity index (χ3v) is 1.85. The summed E-state index contributed by atoms with van der Waals surface area (Å²) in [5.41, 5.74) is 5.10. The molecule has 0 heterocycles. The summed E-state index contributed by atoms with van der Waals surface area (Å²) >= 11 is 0. The van der Waals surface area contributed by atoms with Crippen molar-refractivity contribution in [2.24, 2.45) is 5.73 Å². The van der Waals surface area contributed by atoms with Gasteiger partial charge in [-0.1, -0.05) is 12.1 Å². The summed E-state index contributed by atoms with van der Waals surface area (Å²) < 4.78 is 10.7. The van der Waals surface area contributed by atoms with Crippen molar-refractivity contribution in [2.75, 3.05) is 6.61 Å². The van der Waals surface area contributed by atoms with E-state index in [9.17, 15) is 4.79 Å². The molecule has 4 heteroatoms. The summed E-state index contributed by atoms with van der Waals surface area (Å²) in [6.45, 7) is 4.03. The van der Waals surface area contributed by atoms with Gasteiger partial charge in [0.25, 0.3) is 5.91 Å². The minimum absolute atomic E-state index is 0.499. The fraction of sp³-hybridized carbons (Fsp3) is 0.364. The molecule has 1 aromatic carbocycles. The maximum absolute atomic E-state index is 10.8. The highest BCUT2D eigenvalue weighted by Crippen LogP contribution is 2.27. The molecule has 4 nitrogen and oxygen atoms in total. The molecule has 0 unspecified atom stereocenters. The van der Waals surface area contributed by atoms with Gasteiger partial charge in [-0.25, -0.2) is 0 Å². The van der Waals surface area contributed by atoms with Gasteiger partial charge in [0.05, 0.1) is 6.61 Å². The predicted octanol–water partition coefficient (Wildman–Crippen LogP) is 1.34. The van der Waals surface area contributed by atoms with Crippen LogP contribution < -0.4 is 15.2 Å². The van der Waals surface area contributed by atoms with Gasteiger partial charge >= 0.3 is 0 Å². The Kier molecular flexibility index (Phi) is 3.97. The maximum Gasteiger partial charge on any atom is 0.258 e. The molecule has 0 saturated heterocycles. The second kappa shape index (κ2) is 5.24. The van der Waals surface area contributed by atoms with Gasteiger partial charge in [-0.3, -0.25) is 4.79 Å². The molecule has 0 aromatic heterocycles. The lowest BCUT2D eigenvalue weighted by molar-refractivity contribution is -0.124. The van der Waals surface area contributed by atoms with Crippen molar-refractivity contribution in [3.05, 3.63) is 24.3 Å². The molecule has 1 rings (SSSR count). The number of primary amides is 1. The SMILES string of the molecule is CCOc1ccccc1O[C@H](C)C(N)=O. The smallest absolute Gasteiger partial charge is 0.258 e. The molecule has 82 valence electrons. The summed E-state index contributed by atoms with van der Waals surface area (Å²) in [6, 6.07) is 7.18. The molecule has 0 aliphatic rings. The van der Waals surface area contributed by atoms with E-state index in [1.54, 1.807) is 19.1 Å². The van der Waals surface area contributed by atoms with Crippen LogP contribution >= 0.6 is 0 Å². The lowest BCUT2D eigenvalue weighted by Crippen LogP contribution is -2.30. The molecule has 0 bridgehead atoms. The first kappa shape index (κ1) is 11.4. The van der Waals surface area contributed by atoms with Crippen molar-refractivity contribution in [3.63, 3.8) is 0 Å². The fourth-order valence-electron chi connectivity index (χ4n) is 1.07. The number of benzene rings is 1. The van der Waals surface area contributed by atoms with Crippen LogP contribution in [0.3, 0.4) is 0 Å². The van der Waals surface area contributed by atoms with Crippen LogP contribution in [0.4, 0.5) is 0 Å². The Labute approximate surface area is 89.0 Å². The monoisotopic (exact) mass is 209 g/mol. The zero-order valence-electron chi connectivity index (χ0n) is 8.90. The molecule has 0 aliphatic heterocycles. The molecule has 0 spiro atoms. The van der Waals surface area contributed by atoms with Crippen molar-refractivity contribution in [1.29, 1.82) is 0 Å². The van der Waals surface area contributed by atoms with Crippen LogP contribution in [-0.2, 0) is 4.79 Å². The van der Waals surface area contributed by atoms with E-state index in [1.165, 1.54) is 0 Å². The number of amides is 1. The van der Waals surface area contributed by atoms with Crippen LogP contribution in [0.1, 0.15) is 13.8 Å². The molecule has 0 aliphatic carbocycles. The van der Waals surface area contributed by atoms with Crippen LogP contribution in [0.25, 0.3) is 0 Å². The Morgan fingerprint density at radius 3 is 2.53 bits per heavy atom. The normalized spacial score (nSPS) is 11.9. The number of hydrogen-bond acceptors (Lipinski definition) is 3. The number of carbonyl (C=O) groups excluding carboxylic acids is 1. The van der Waals surface area contributed by atoms with E-state index in [0.29, 0.717) is 18.1 Å². The third kappa shape index (κ3) is 3.16. The third-order valence-electron chi connectivity index (χ3n) is 1.85. The number of nitrogens with two attached hydrogens (primary N) is 1. The number of rotatable bonds is 5. The Bertz CT molecular complexity index is 338. The second-order valence-electron chi connectivity index (χ2n) is 3.04. The number of ether oxygens (including phenoxy) is 2. The summed E-state index contributed by atoms with van der Waals surface area (Å²) in [5.74, 6) is 0.653. The van der Waals surface area contributed by atoms with Gasteiger partial charge in [-0.05, 0) is 26.0 Å². The Hall–Kier alpha value is -1.71. The lowest BCUT2D eigenvalue weighted by Gasteiger charge is -2.14.